The number of carbonyl (C=O) groups excluding carboxylic acids is 1. The summed E-state index contributed by atoms with van der Waals surface area (Å²) in [6.45, 7) is 0.605. The third kappa shape index (κ3) is 3.08. The topological polar surface area (TPSA) is 35.5 Å². The highest BCUT2D eigenvalue weighted by Crippen LogP contribution is 2.64. The zero-order valence-corrected chi connectivity index (χ0v) is 15.9. The maximum Gasteiger partial charge on any atom is 0.312 e. The molecular formula is C19H22BrClO3. The molecule has 0 aromatic heterocycles. The summed E-state index contributed by atoms with van der Waals surface area (Å²) in [5.74, 6) is 1.96. The van der Waals surface area contributed by atoms with Gasteiger partial charge in [0.2, 0.25) is 0 Å². The fourth-order valence-corrected chi connectivity index (χ4v) is 7.03. The number of alkyl halides is 1. The van der Waals surface area contributed by atoms with E-state index in [2.05, 4.69) is 15.9 Å². The van der Waals surface area contributed by atoms with E-state index in [0.29, 0.717) is 29.2 Å². The summed E-state index contributed by atoms with van der Waals surface area (Å²) in [6.07, 6.45) is 6.65. The van der Waals surface area contributed by atoms with Crippen molar-refractivity contribution in [3.05, 3.63) is 29.3 Å². The van der Waals surface area contributed by atoms with Gasteiger partial charge in [-0.25, -0.2) is 0 Å². The summed E-state index contributed by atoms with van der Waals surface area (Å²) in [6, 6.07) is 7.34. The van der Waals surface area contributed by atoms with E-state index >= 15 is 0 Å². The van der Waals surface area contributed by atoms with Crippen molar-refractivity contribution in [2.75, 3.05) is 13.2 Å². The van der Waals surface area contributed by atoms with E-state index in [1.165, 1.54) is 19.3 Å². The number of benzene rings is 1. The molecular weight excluding hydrogens is 392 g/mol. The largest absolute Gasteiger partial charge is 0.488 e. The van der Waals surface area contributed by atoms with Gasteiger partial charge >= 0.3 is 5.97 Å². The first-order valence-corrected chi connectivity index (χ1v) is 9.89. The van der Waals surface area contributed by atoms with E-state index in [1.807, 2.05) is 18.2 Å². The molecule has 3 nitrogen and oxygen atoms in total. The molecule has 130 valence electrons. The number of rotatable bonds is 5. The molecule has 0 spiro atoms. The average molecular weight is 414 g/mol. The standard InChI is InChI=1S/C19H22BrClO3/c20-19-10-13-7-14(11-19)9-18(8-13,12-19)17(22)24-6-5-23-16-4-2-1-3-15(16)21/h1-4,13-14H,5-12H2/t13-,14+,18?,19?. The predicted octanol–water partition coefficient (Wildman–Crippen LogP) is 5.00. The minimum atomic E-state index is -0.266. The average Bonchev–Trinajstić information content (AvgIpc) is 2.50. The van der Waals surface area contributed by atoms with Crippen LogP contribution < -0.4 is 4.74 Å². The van der Waals surface area contributed by atoms with Gasteiger partial charge in [-0.2, -0.15) is 0 Å². The van der Waals surface area contributed by atoms with Crippen LogP contribution in [-0.2, 0) is 9.53 Å². The van der Waals surface area contributed by atoms with Crippen LogP contribution in [0, 0.1) is 17.3 Å². The Morgan fingerprint density at radius 2 is 1.88 bits per heavy atom. The van der Waals surface area contributed by atoms with Crippen molar-refractivity contribution in [1.82, 2.24) is 0 Å². The lowest BCUT2D eigenvalue weighted by molar-refractivity contribution is -0.170. The van der Waals surface area contributed by atoms with Gasteiger partial charge < -0.3 is 9.47 Å². The molecule has 1 aromatic carbocycles. The number of hydrogen-bond donors (Lipinski definition) is 0. The number of hydrogen-bond acceptors (Lipinski definition) is 3. The molecule has 0 N–H and O–H groups in total. The first-order chi connectivity index (χ1) is 11.5. The maximum atomic E-state index is 12.8. The molecule has 0 saturated heterocycles. The minimum Gasteiger partial charge on any atom is -0.488 e. The molecule has 4 fully saturated rings. The third-order valence-electron chi connectivity index (χ3n) is 5.83. The lowest BCUT2D eigenvalue weighted by Crippen LogP contribution is -2.56. The highest BCUT2D eigenvalue weighted by molar-refractivity contribution is 9.10. The van der Waals surface area contributed by atoms with Crippen LogP contribution in [0.4, 0.5) is 0 Å². The van der Waals surface area contributed by atoms with Gasteiger partial charge in [0.05, 0.1) is 10.4 Å². The lowest BCUT2D eigenvalue weighted by atomic mass is 9.49. The molecule has 4 aliphatic carbocycles. The highest BCUT2D eigenvalue weighted by atomic mass is 79.9. The molecule has 4 aliphatic rings. The van der Waals surface area contributed by atoms with Gasteiger partial charge in [0.15, 0.2) is 0 Å². The molecule has 24 heavy (non-hydrogen) atoms. The fourth-order valence-electron chi connectivity index (χ4n) is 5.39. The Morgan fingerprint density at radius 3 is 2.54 bits per heavy atom. The fraction of sp³-hybridized carbons (Fsp3) is 0.632. The van der Waals surface area contributed by atoms with Crippen molar-refractivity contribution in [3.63, 3.8) is 0 Å². The van der Waals surface area contributed by atoms with Crippen LogP contribution >= 0.6 is 27.5 Å². The Labute approximate surface area is 156 Å². The minimum absolute atomic E-state index is 0.0248. The second-order valence-electron chi connectivity index (χ2n) is 7.81. The van der Waals surface area contributed by atoms with E-state index in [-0.39, 0.29) is 22.3 Å². The van der Waals surface area contributed by atoms with E-state index in [4.69, 9.17) is 21.1 Å². The molecule has 4 saturated carbocycles. The molecule has 0 amide bonds. The molecule has 0 radical (unpaired) electrons. The van der Waals surface area contributed by atoms with Gasteiger partial charge in [0.1, 0.15) is 19.0 Å². The lowest BCUT2D eigenvalue weighted by Gasteiger charge is -2.58. The Morgan fingerprint density at radius 1 is 1.17 bits per heavy atom. The van der Waals surface area contributed by atoms with Gasteiger partial charge in [-0.1, -0.05) is 39.7 Å². The number of ether oxygens (including phenoxy) is 2. The van der Waals surface area contributed by atoms with Crippen molar-refractivity contribution in [2.24, 2.45) is 17.3 Å². The van der Waals surface area contributed by atoms with Gasteiger partial charge in [0, 0.05) is 4.32 Å². The second kappa shape index (κ2) is 6.21. The molecule has 5 rings (SSSR count). The third-order valence-corrected chi connectivity index (χ3v) is 7.07. The SMILES string of the molecule is O=C(OCCOc1ccccc1Cl)C12C[C@@H]3C[C@@H](CC(Br)(C3)C1)C2. The van der Waals surface area contributed by atoms with Crippen LogP contribution in [0.3, 0.4) is 0 Å². The molecule has 0 heterocycles. The predicted molar refractivity (Wildman–Crippen MR) is 96.7 cm³/mol. The first kappa shape index (κ1) is 16.7. The van der Waals surface area contributed by atoms with Crippen LogP contribution in [0.2, 0.25) is 5.02 Å². The van der Waals surface area contributed by atoms with E-state index in [0.717, 1.165) is 19.3 Å². The van der Waals surface area contributed by atoms with Crippen molar-refractivity contribution in [3.8, 4) is 5.75 Å². The van der Waals surface area contributed by atoms with Crippen molar-refractivity contribution >= 4 is 33.5 Å². The van der Waals surface area contributed by atoms with E-state index < -0.39 is 0 Å². The number of carbonyl (C=O) groups is 1. The van der Waals surface area contributed by atoms with Crippen LogP contribution in [0.5, 0.6) is 5.75 Å². The maximum absolute atomic E-state index is 12.8. The van der Waals surface area contributed by atoms with E-state index in [9.17, 15) is 4.79 Å². The Kier molecular flexibility index (Phi) is 4.32. The van der Waals surface area contributed by atoms with Gasteiger partial charge in [0.25, 0.3) is 0 Å². The number of esters is 1. The zero-order chi connectivity index (χ0) is 16.8. The molecule has 0 aliphatic heterocycles. The summed E-state index contributed by atoms with van der Waals surface area (Å²) >= 11 is 9.99. The molecule has 5 heteroatoms. The Balaban J connectivity index is 1.33. The monoisotopic (exact) mass is 412 g/mol. The quantitative estimate of drug-likeness (QED) is 0.387. The Bertz CT molecular complexity index is 633. The van der Waals surface area contributed by atoms with Crippen LogP contribution in [0.15, 0.2) is 24.3 Å². The van der Waals surface area contributed by atoms with E-state index in [1.54, 1.807) is 6.07 Å². The van der Waals surface area contributed by atoms with Crippen LogP contribution in [0.1, 0.15) is 38.5 Å². The number of halogens is 2. The molecule has 1 aromatic rings. The molecule has 4 bridgehead atoms. The summed E-state index contributed by atoms with van der Waals surface area (Å²) in [7, 11) is 0. The van der Waals surface area contributed by atoms with Gasteiger partial charge in [-0.3, -0.25) is 4.79 Å². The molecule has 4 atom stereocenters. The van der Waals surface area contributed by atoms with Crippen LogP contribution in [-0.4, -0.2) is 23.5 Å². The first-order valence-electron chi connectivity index (χ1n) is 8.72. The second-order valence-corrected chi connectivity index (χ2v) is 9.90. The van der Waals surface area contributed by atoms with Crippen LogP contribution in [0.25, 0.3) is 0 Å². The Hall–Kier alpha value is -0.740. The molecule has 2 unspecified atom stereocenters. The van der Waals surface area contributed by atoms with Crippen molar-refractivity contribution in [2.45, 2.75) is 42.8 Å². The van der Waals surface area contributed by atoms with Crippen molar-refractivity contribution in [1.29, 1.82) is 0 Å². The zero-order valence-electron chi connectivity index (χ0n) is 13.6. The highest BCUT2D eigenvalue weighted by Gasteiger charge is 2.60. The number of para-hydroxylation sites is 1. The summed E-state index contributed by atoms with van der Waals surface area (Å²) in [5.41, 5.74) is -0.266. The summed E-state index contributed by atoms with van der Waals surface area (Å²) < 4.78 is 11.4. The van der Waals surface area contributed by atoms with Gasteiger partial charge in [-0.05, 0) is 62.5 Å². The smallest absolute Gasteiger partial charge is 0.312 e. The normalized spacial score (nSPS) is 36.6. The summed E-state index contributed by atoms with van der Waals surface area (Å²) in [5, 5.41) is 0.575. The van der Waals surface area contributed by atoms with Gasteiger partial charge in [-0.15, -0.1) is 0 Å². The van der Waals surface area contributed by atoms with Crippen molar-refractivity contribution < 1.29 is 14.3 Å². The summed E-state index contributed by atoms with van der Waals surface area (Å²) in [4.78, 5) is 12.8.